The summed E-state index contributed by atoms with van der Waals surface area (Å²) < 4.78 is 18.8. The van der Waals surface area contributed by atoms with E-state index in [1.807, 2.05) is 67.6 Å². The summed E-state index contributed by atoms with van der Waals surface area (Å²) >= 11 is 1.40. The molecule has 0 aromatic heterocycles. The third-order valence-corrected chi connectivity index (χ3v) is 7.39. The van der Waals surface area contributed by atoms with Crippen LogP contribution in [0.3, 0.4) is 0 Å². The summed E-state index contributed by atoms with van der Waals surface area (Å²) in [5.41, 5.74) is 1.16. The molecule has 0 aliphatic carbocycles. The Morgan fingerprint density at radius 1 is 1.00 bits per heavy atom. The van der Waals surface area contributed by atoms with Crippen LogP contribution in [0.4, 0.5) is 0 Å². The van der Waals surface area contributed by atoms with Gasteiger partial charge in [-0.05, 0) is 24.1 Å². The molecule has 1 atom stereocenters. The first-order valence-corrected chi connectivity index (χ1v) is 9.95. The molecule has 0 saturated carbocycles. The Morgan fingerprint density at radius 2 is 1.60 bits per heavy atom. The van der Waals surface area contributed by atoms with Gasteiger partial charge in [0, 0.05) is 11.1 Å². The molecule has 2 nitrogen and oxygen atoms in total. The summed E-state index contributed by atoms with van der Waals surface area (Å²) in [6, 6.07) is 19.6. The topological polar surface area (TPSA) is 26.3 Å². The molecule has 2 aromatic rings. The number of benzene rings is 2. The Kier molecular flexibility index (Phi) is 5.90. The maximum absolute atomic E-state index is 13.1. The van der Waals surface area contributed by atoms with E-state index in [0.29, 0.717) is 12.4 Å². The Labute approximate surface area is 124 Å². The van der Waals surface area contributed by atoms with Gasteiger partial charge in [-0.25, -0.2) is 0 Å². The summed E-state index contributed by atoms with van der Waals surface area (Å²) in [7, 11) is 0. The Bertz CT molecular complexity index is 557. The zero-order chi connectivity index (χ0) is 14.3. The van der Waals surface area contributed by atoms with Crippen LogP contribution in [0.1, 0.15) is 18.9 Å². The molecule has 0 saturated heterocycles. The van der Waals surface area contributed by atoms with E-state index in [0.717, 1.165) is 17.3 Å². The highest BCUT2D eigenvalue weighted by molar-refractivity contribution is 8.58. The molecule has 0 radical (unpaired) electrons. The molecule has 2 rings (SSSR count). The summed E-state index contributed by atoms with van der Waals surface area (Å²) in [5.74, 6) is 0.691. The molecular weight excluding hydrogens is 287 g/mol. The summed E-state index contributed by atoms with van der Waals surface area (Å²) in [5, 5.41) is 0.786. The summed E-state index contributed by atoms with van der Waals surface area (Å²) in [6.45, 7) is -0.290. The van der Waals surface area contributed by atoms with Crippen LogP contribution in [0.2, 0.25) is 0 Å². The molecule has 0 bridgehead atoms. The van der Waals surface area contributed by atoms with Gasteiger partial charge in [0.05, 0.1) is 6.61 Å². The van der Waals surface area contributed by atoms with Gasteiger partial charge < -0.3 is 4.52 Å². The van der Waals surface area contributed by atoms with E-state index >= 15 is 0 Å². The molecule has 0 fully saturated rings. The van der Waals surface area contributed by atoms with E-state index in [1.165, 1.54) is 11.4 Å². The molecule has 0 amide bonds. The van der Waals surface area contributed by atoms with Crippen LogP contribution in [-0.4, -0.2) is 6.61 Å². The second kappa shape index (κ2) is 7.68. The van der Waals surface area contributed by atoms with Crippen LogP contribution in [-0.2, 0) is 14.8 Å². The zero-order valence-electron chi connectivity index (χ0n) is 11.6. The maximum Gasteiger partial charge on any atom is 0.287 e. The van der Waals surface area contributed by atoms with Crippen LogP contribution < -0.4 is 5.30 Å². The maximum atomic E-state index is 13.1. The van der Waals surface area contributed by atoms with Gasteiger partial charge in [-0.15, -0.1) is 0 Å². The fourth-order valence-corrected chi connectivity index (χ4v) is 5.80. The highest BCUT2D eigenvalue weighted by Crippen LogP contribution is 2.59. The Hall–Kier alpha value is -1.02. The third-order valence-electron chi connectivity index (χ3n) is 2.78. The molecular formula is C16H19O2PS. The zero-order valence-corrected chi connectivity index (χ0v) is 13.3. The largest absolute Gasteiger partial charge is 0.318 e. The van der Waals surface area contributed by atoms with E-state index in [9.17, 15) is 4.57 Å². The van der Waals surface area contributed by atoms with Gasteiger partial charge in [-0.3, -0.25) is 4.57 Å². The normalized spacial score (nSPS) is 13.8. The SMILES string of the molecule is CCCOP(=O)(SCc1ccccc1)c1ccccc1. The molecule has 0 N–H and O–H groups in total. The average Bonchev–Trinajstić information content (AvgIpc) is 2.53. The van der Waals surface area contributed by atoms with Crippen LogP contribution in [0.25, 0.3) is 0 Å². The number of hydrogen-bond donors (Lipinski definition) is 0. The molecule has 4 heteroatoms. The molecule has 0 aliphatic rings. The Balaban J connectivity index is 2.13. The van der Waals surface area contributed by atoms with E-state index in [2.05, 4.69) is 0 Å². The highest BCUT2D eigenvalue weighted by Gasteiger charge is 2.26. The predicted molar refractivity (Wildman–Crippen MR) is 87.7 cm³/mol. The standard InChI is InChI=1S/C16H19O2PS/c1-2-13-18-19(17,16-11-7-4-8-12-16)20-14-15-9-5-3-6-10-15/h3-12H,2,13-14H2,1H3. The summed E-state index contributed by atoms with van der Waals surface area (Å²) in [4.78, 5) is 0. The molecule has 2 aromatic carbocycles. The van der Waals surface area contributed by atoms with Crippen LogP contribution >= 0.6 is 18.0 Å². The van der Waals surface area contributed by atoms with Crippen molar-refractivity contribution in [2.75, 3.05) is 6.61 Å². The first-order chi connectivity index (χ1) is 9.74. The molecule has 0 spiro atoms. The minimum absolute atomic E-state index is 0.522. The lowest BCUT2D eigenvalue weighted by Gasteiger charge is -2.18. The fraction of sp³-hybridized carbons (Fsp3) is 0.250. The molecule has 0 aliphatic heterocycles. The van der Waals surface area contributed by atoms with Crippen molar-refractivity contribution >= 4 is 23.3 Å². The van der Waals surface area contributed by atoms with E-state index < -0.39 is 6.57 Å². The van der Waals surface area contributed by atoms with E-state index in [1.54, 1.807) is 0 Å². The van der Waals surface area contributed by atoms with Crippen molar-refractivity contribution in [3.63, 3.8) is 0 Å². The highest BCUT2D eigenvalue weighted by atomic mass is 32.7. The predicted octanol–water partition coefficient (Wildman–Crippen LogP) is 4.87. The van der Waals surface area contributed by atoms with Gasteiger partial charge in [-0.2, -0.15) is 0 Å². The Morgan fingerprint density at radius 3 is 2.20 bits per heavy atom. The van der Waals surface area contributed by atoms with Gasteiger partial charge in [-0.1, -0.05) is 66.8 Å². The average molecular weight is 306 g/mol. The van der Waals surface area contributed by atoms with Crippen molar-refractivity contribution in [3.8, 4) is 0 Å². The van der Waals surface area contributed by atoms with Gasteiger partial charge >= 0.3 is 0 Å². The van der Waals surface area contributed by atoms with Crippen LogP contribution in [0.5, 0.6) is 0 Å². The second-order valence-electron chi connectivity index (χ2n) is 4.43. The van der Waals surface area contributed by atoms with Crippen molar-refractivity contribution < 1.29 is 9.09 Å². The van der Waals surface area contributed by atoms with E-state index in [4.69, 9.17) is 4.52 Å². The minimum atomic E-state index is -2.84. The van der Waals surface area contributed by atoms with Gasteiger partial charge in [0.2, 0.25) is 0 Å². The van der Waals surface area contributed by atoms with Crippen LogP contribution in [0, 0.1) is 0 Å². The molecule has 20 heavy (non-hydrogen) atoms. The molecule has 0 heterocycles. The second-order valence-corrected chi connectivity index (χ2v) is 8.96. The lowest BCUT2D eigenvalue weighted by atomic mass is 10.2. The molecule has 1 unspecified atom stereocenters. The van der Waals surface area contributed by atoms with Crippen molar-refractivity contribution in [1.82, 2.24) is 0 Å². The summed E-state index contributed by atoms with van der Waals surface area (Å²) in [6.07, 6.45) is 0.864. The lowest BCUT2D eigenvalue weighted by molar-refractivity contribution is 0.331. The quantitative estimate of drug-likeness (QED) is 0.683. The van der Waals surface area contributed by atoms with Crippen molar-refractivity contribution in [1.29, 1.82) is 0 Å². The van der Waals surface area contributed by atoms with Crippen molar-refractivity contribution in [2.45, 2.75) is 19.1 Å². The first-order valence-electron chi connectivity index (χ1n) is 6.73. The number of hydrogen-bond acceptors (Lipinski definition) is 3. The van der Waals surface area contributed by atoms with Crippen molar-refractivity contribution in [2.24, 2.45) is 0 Å². The third kappa shape index (κ3) is 4.24. The fourth-order valence-electron chi connectivity index (χ4n) is 1.74. The number of rotatable bonds is 7. The van der Waals surface area contributed by atoms with Gasteiger partial charge in [0.25, 0.3) is 6.57 Å². The van der Waals surface area contributed by atoms with Crippen molar-refractivity contribution in [3.05, 3.63) is 66.2 Å². The van der Waals surface area contributed by atoms with Gasteiger partial charge in [0.15, 0.2) is 0 Å². The minimum Gasteiger partial charge on any atom is -0.318 e. The van der Waals surface area contributed by atoms with Gasteiger partial charge in [0.1, 0.15) is 0 Å². The van der Waals surface area contributed by atoms with E-state index in [-0.39, 0.29) is 0 Å². The molecule has 106 valence electrons. The first kappa shape index (κ1) is 15.4. The lowest BCUT2D eigenvalue weighted by Crippen LogP contribution is -2.05. The smallest absolute Gasteiger partial charge is 0.287 e. The van der Waals surface area contributed by atoms with Crippen LogP contribution in [0.15, 0.2) is 60.7 Å². The monoisotopic (exact) mass is 306 g/mol.